The maximum Gasteiger partial charge on any atom is 0.270 e. The van der Waals surface area contributed by atoms with Crippen molar-refractivity contribution < 1.29 is 9.21 Å². The van der Waals surface area contributed by atoms with Crippen molar-refractivity contribution >= 4 is 40.0 Å². The van der Waals surface area contributed by atoms with Gasteiger partial charge in [0, 0.05) is 27.5 Å². The van der Waals surface area contributed by atoms with Crippen LogP contribution in [-0.4, -0.2) is 33.2 Å². The van der Waals surface area contributed by atoms with Crippen LogP contribution in [0.15, 0.2) is 59.0 Å². The number of amides is 1. The number of nitrogens with one attached hydrogen (secondary N) is 2. The summed E-state index contributed by atoms with van der Waals surface area (Å²) in [6, 6.07) is 17.2. The van der Waals surface area contributed by atoms with Gasteiger partial charge < -0.3 is 15.1 Å². The quantitative estimate of drug-likeness (QED) is 0.349. The summed E-state index contributed by atoms with van der Waals surface area (Å²) in [7, 11) is 0. The number of hydrogen-bond acceptors (Lipinski definition) is 6. The lowest BCUT2D eigenvalue weighted by atomic mass is 9.91. The van der Waals surface area contributed by atoms with Crippen molar-refractivity contribution in [2.75, 3.05) is 0 Å². The van der Waals surface area contributed by atoms with Gasteiger partial charge in [0.1, 0.15) is 5.69 Å². The van der Waals surface area contributed by atoms with Crippen molar-refractivity contribution in [3.63, 3.8) is 0 Å². The highest BCUT2D eigenvalue weighted by Crippen LogP contribution is 2.21. The molecule has 1 aliphatic rings. The van der Waals surface area contributed by atoms with Gasteiger partial charge >= 0.3 is 0 Å². The minimum Gasteiger partial charge on any atom is -0.424 e. The van der Waals surface area contributed by atoms with Crippen LogP contribution in [0.1, 0.15) is 53.5 Å². The fraction of sp³-hybridized carbons (Fsp3) is 0.308. The Morgan fingerprint density at radius 1 is 0.886 bits per heavy atom. The summed E-state index contributed by atoms with van der Waals surface area (Å²) in [6.07, 6.45) is 4.30. The third kappa shape index (κ3) is 6.17. The van der Waals surface area contributed by atoms with Crippen LogP contribution in [0.2, 0.25) is 10.0 Å². The van der Waals surface area contributed by atoms with Gasteiger partial charge in [-0.1, -0.05) is 41.4 Å². The van der Waals surface area contributed by atoms with Crippen molar-refractivity contribution in [1.29, 1.82) is 0 Å². The number of hydrogen-bond donors (Lipinski definition) is 2. The Kier molecular flexibility index (Phi) is 7.27. The number of pyridine rings is 1. The summed E-state index contributed by atoms with van der Waals surface area (Å²) >= 11 is 12.0. The molecule has 5 rings (SSSR count). The molecular weight excluding hydrogens is 485 g/mol. The molecule has 1 saturated carbocycles. The number of aromatic nitrogens is 3. The zero-order valence-corrected chi connectivity index (χ0v) is 20.5. The highest BCUT2D eigenvalue weighted by atomic mass is 35.5. The van der Waals surface area contributed by atoms with Gasteiger partial charge in [-0.05, 0) is 67.6 Å². The molecule has 2 N–H and O–H groups in total. The molecule has 0 aliphatic heterocycles. The van der Waals surface area contributed by atoms with Crippen molar-refractivity contribution in [3.8, 4) is 0 Å². The highest BCUT2D eigenvalue weighted by Gasteiger charge is 2.23. The Morgan fingerprint density at radius 3 is 2.40 bits per heavy atom. The van der Waals surface area contributed by atoms with E-state index in [9.17, 15) is 4.79 Å². The largest absolute Gasteiger partial charge is 0.424 e. The van der Waals surface area contributed by atoms with E-state index in [0.29, 0.717) is 46.5 Å². The molecule has 0 radical (unpaired) electrons. The first-order chi connectivity index (χ1) is 17.0. The molecule has 9 heteroatoms. The molecule has 0 bridgehead atoms. The number of carbonyl (C=O) groups excluding carboxylic acids is 1. The van der Waals surface area contributed by atoms with Crippen LogP contribution in [0, 0.1) is 0 Å². The van der Waals surface area contributed by atoms with Gasteiger partial charge in [-0.2, -0.15) is 0 Å². The summed E-state index contributed by atoms with van der Waals surface area (Å²) in [5.74, 6) is 1.02. The van der Waals surface area contributed by atoms with Crippen molar-refractivity contribution in [3.05, 3.63) is 87.7 Å². The monoisotopic (exact) mass is 509 g/mol. The molecule has 35 heavy (non-hydrogen) atoms. The highest BCUT2D eigenvalue weighted by molar-refractivity contribution is 6.31. The molecule has 180 valence electrons. The maximum atomic E-state index is 12.7. The Bertz CT molecular complexity index is 1320. The molecule has 2 heterocycles. The molecule has 1 fully saturated rings. The smallest absolute Gasteiger partial charge is 0.270 e. The number of halogens is 2. The minimum atomic E-state index is -0.141. The van der Waals surface area contributed by atoms with Gasteiger partial charge in [0.05, 0.1) is 18.5 Å². The third-order valence-electron chi connectivity index (χ3n) is 6.27. The fourth-order valence-electron chi connectivity index (χ4n) is 4.36. The van der Waals surface area contributed by atoms with Crippen LogP contribution in [-0.2, 0) is 13.0 Å². The zero-order valence-electron chi connectivity index (χ0n) is 19.0. The molecule has 7 nitrogen and oxygen atoms in total. The zero-order chi connectivity index (χ0) is 24.2. The maximum absolute atomic E-state index is 12.7. The molecule has 0 atom stereocenters. The van der Waals surface area contributed by atoms with Crippen LogP contribution in [0.5, 0.6) is 0 Å². The Morgan fingerprint density at radius 2 is 1.60 bits per heavy atom. The van der Waals surface area contributed by atoms with Gasteiger partial charge in [0.25, 0.3) is 5.91 Å². The van der Waals surface area contributed by atoms with E-state index >= 15 is 0 Å². The van der Waals surface area contributed by atoms with Crippen LogP contribution < -0.4 is 10.6 Å². The van der Waals surface area contributed by atoms with E-state index in [4.69, 9.17) is 27.6 Å². The lowest BCUT2D eigenvalue weighted by Crippen LogP contribution is -2.42. The molecule has 0 unspecified atom stereocenters. The van der Waals surface area contributed by atoms with E-state index < -0.39 is 0 Å². The van der Waals surface area contributed by atoms with E-state index in [1.165, 1.54) is 0 Å². The van der Waals surface area contributed by atoms with Crippen molar-refractivity contribution in [2.24, 2.45) is 0 Å². The van der Waals surface area contributed by atoms with Crippen LogP contribution >= 0.6 is 23.2 Å². The second-order valence-corrected chi connectivity index (χ2v) is 9.70. The van der Waals surface area contributed by atoms with Gasteiger partial charge in [-0.15, -0.1) is 10.2 Å². The Balaban J connectivity index is 1.07. The molecular formula is C26H25Cl2N5O2. The lowest BCUT2D eigenvalue weighted by Gasteiger charge is -2.29. The number of fused-ring (bicyclic) bond motifs is 1. The summed E-state index contributed by atoms with van der Waals surface area (Å²) < 4.78 is 5.78. The number of carbonyl (C=O) groups is 1. The summed E-state index contributed by atoms with van der Waals surface area (Å²) in [6.45, 7) is 0.528. The normalized spacial score (nSPS) is 18.0. The summed E-state index contributed by atoms with van der Waals surface area (Å²) in [5, 5.41) is 17.2. The van der Waals surface area contributed by atoms with Crippen molar-refractivity contribution in [1.82, 2.24) is 25.8 Å². The molecule has 2 aromatic carbocycles. The molecule has 0 spiro atoms. The Labute approximate surface area is 213 Å². The fourth-order valence-corrected chi connectivity index (χ4v) is 4.67. The lowest BCUT2D eigenvalue weighted by molar-refractivity contribution is 0.0919. The number of rotatable bonds is 7. The van der Waals surface area contributed by atoms with E-state index in [2.05, 4.69) is 25.8 Å². The second kappa shape index (κ2) is 10.7. The van der Waals surface area contributed by atoms with Crippen molar-refractivity contribution in [2.45, 2.75) is 50.7 Å². The number of nitrogens with zero attached hydrogens (tertiary/aromatic N) is 3. The summed E-state index contributed by atoms with van der Waals surface area (Å²) in [4.78, 5) is 17.2. The molecule has 2 aromatic heterocycles. The van der Waals surface area contributed by atoms with Gasteiger partial charge in [-0.3, -0.25) is 4.79 Å². The van der Waals surface area contributed by atoms with E-state index in [-0.39, 0.29) is 11.9 Å². The standard InChI is InChI=1S/C26H25Cl2N5O2/c27-18-4-1-16(2-5-18)13-24-32-33-25(35-24)15-29-20-7-9-21(10-8-20)30-26(34)23-11-3-17-14-19(28)6-12-22(17)31-23/h1-6,11-12,14,20-21,29H,7-10,13,15H2,(H,30,34). The van der Waals surface area contributed by atoms with Crippen LogP contribution in [0.25, 0.3) is 10.9 Å². The minimum absolute atomic E-state index is 0.137. The number of benzene rings is 2. The third-order valence-corrected chi connectivity index (χ3v) is 6.75. The van der Waals surface area contributed by atoms with Crippen LogP contribution in [0.4, 0.5) is 0 Å². The average Bonchev–Trinajstić information content (AvgIpc) is 3.32. The van der Waals surface area contributed by atoms with Crippen LogP contribution in [0.3, 0.4) is 0 Å². The SMILES string of the molecule is O=C(NC1CCC(NCc2nnc(Cc3ccc(Cl)cc3)o2)CC1)c1ccc2cc(Cl)ccc2n1. The first-order valence-electron chi connectivity index (χ1n) is 11.7. The molecule has 0 saturated heterocycles. The second-order valence-electron chi connectivity index (χ2n) is 8.83. The predicted octanol–water partition coefficient (Wildman–Crippen LogP) is 5.35. The average molecular weight is 510 g/mol. The first kappa shape index (κ1) is 23.7. The topological polar surface area (TPSA) is 92.9 Å². The predicted molar refractivity (Wildman–Crippen MR) is 136 cm³/mol. The van der Waals surface area contributed by atoms with E-state index in [1.54, 1.807) is 12.1 Å². The molecule has 1 aliphatic carbocycles. The molecule has 4 aromatic rings. The Hall–Kier alpha value is -3.00. The van der Waals surface area contributed by atoms with Gasteiger partial charge in [0.15, 0.2) is 0 Å². The molecule has 1 amide bonds. The van der Waals surface area contributed by atoms with E-state index in [1.807, 2.05) is 42.5 Å². The summed E-state index contributed by atoms with van der Waals surface area (Å²) in [5.41, 5.74) is 2.25. The van der Waals surface area contributed by atoms with Gasteiger partial charge in [0.2, 0.25) is 11.8 Å². The van der Waals surface area contributed by atoms with E-state index in [0.717, 1.165) is 42.1 Å². The van der Waals surface area contributed by atoms with Gasteiger partial charge in [-0.25, -0.2) is 4.98 Å². The first-order valence-corrected chi connectivity index (χ1v) is 12.4.